The van der Waals surface area contributed by atoms with Crippen LogP contribution in [-0.2, 0) is 13.1 Å². The van der Waals surface area contributed by atoms with Gasteiger partial charge in [0, 0.05) is 17.8 Å². The molecule has 0 amide bonds. The third kappa shape index (κ3) is 2.71. The normalized spacial score (nSPS) is 11.0. The van der Waals surface area contributed by atoms with Gasteiger partial charge >= 0.3 is 0 Å². The largest absolute Gasteiger partial charge is 0.316 e. The van der Waals surface area contributed by atoms with E-state index in [9.17, 15) is 0 Å². The van der Waals surface area contributed by atoms with Gasteiger partial charge in [0.25, 0.3) is 0 Å². The van der Waals surface area contributed by atoms with Crippen LogP contribution in [-0.4, -0.2) is 16.8 Å². The van der Waals surface area contributed by atoms with Crippen LogP contribution in [0.25, 0.3) is 0 Å². The Bertz CT molecular complexity index is 562. The second kappa shape index (κ2) is 5.57. The van der Waals surface area contributed by atoms with Crippen LogP contribution in [0.1, 0.15) is 33.6 Å². The van der Waals surface area contributed by atoms with Gasteiger partial charge in [-0.1, -0.05) is 18.2 Å². The molecule has 0 aliphatic rings. The summed E-state index contributed by atoms with van der Waals surface area (Å²) in [5, 5.41) is 7.90. The Balaban J connectivity index is 2.36. The second-order valence-corrected chi connectivity index (χ2v) is 5.21. The number of aryl methyl sites for hydroxylation is 3. The lowest BCUT2D eigenvalue weighted by Crippen LogP contribution is -2.09. The first kappa shape index (κ1) is 13.8. The van der Waals surface area contributed by atoms with E-state index < -0.39 is 0 Å². The highest BCUT2D eigenvalue weighted by molar-refractivity contribution is 5.34. The van der Waals surface area contributed by atoms with Crippen molar-refractivity contribution in [2.75, 3.05) is 7.05 Å². The second-order valence-electron chi connectivity index (χ2n) is 5.21. The average Bonchev–Trinajstić information content (AvgIpc) is 2.62. The number of rotatable bonds is 4. The van der Waals surface area contributed by atoms with Gasteiger partial charge in [0.05, 0.1) is 12.2 Å². The first-order valence-corrected chi connectivity index (χ1v) is 6.77. The molecule has 1 aromatic carbocycles. The lowest BCUT2D eigenvalue weighted by atomic mass is 10.0. The van der Waals surface area contributed by atoms with Gasteiger partial charge in [0.15, 0.2) is 0 Å². The van der Waals surface area contributed by atoms with Gasteiger partial charge in [-0.3, -0.25) is 4.68 Å². The van der Waals surface area contributed by atoms with E-state index >= 15 is 0 Å². The summed E-state index contributed by atoms with van der Waals surface area (Å²) in [6.07, 6.45) is 0. The van der Waals surface area contributed by atoms with E-state index in [2.05, 4.69) is 61.0 Å². The molecule has 0 radical (unpaired) electrons. The van der Waals surface area contributed by atoms with Crippen molar-refractivity contribution in [1.29, 1.82) is 0 Å². The number of benzene rings is 1. The van der Waals surface area contributed by atoms with Gasteiger partial charge in [-0.05, 0) is 51.4 Å². The van der Waals surface area contributed by atoms with E-state index in [1.165, 1.54) is 27.9 Å². The average molecular weight is 257 g/mol. The van der Waals surface area contributed by atoms with Crippen molar-refractivity contribution in [3.05, 3.63) is 51.8 Å². The predicted molar refractivity (Wildman–Crippen MR) is 79.5 cm³/mol. The van der Waals surface area contributed by atoms with Crippen LogP contribution < -0.4 is 5.32 Å². The molecule has 0 aliphatic carbocycles. The Morgan fingerprint density at radius 1 is 1.05 bits per heavy atom. The third-order valence-electron chi connectivity index (χ3n) is 3.84. The highest BCUT2D eigenvalue weighted by Gasteiger charge is 2.12. The van der Waals surface area contributed by atoms with Gasteiger partial charge in [-0.25, -0.2) is 0 Å². The molecule has 2 aromatic rings. The summed E-state index contributed by atoms with van der Waals surface area (Å²) in [6.45, 7) is 10.3. The molecule has 1 N–H and O–H groups in total. The van der Waals surface area contributed by atoms with Gasteiger partial charge < -0.3 is 5.32 Å². The molecule has 19 heavy (non-hydrogen) atoms. The molecule has 1 aromatic heterocycles. The zero-order valence-electron chi connectivity index (χ0n) is 12.5. The van der Waals surface area contributed by atoms with E-state index in [0.29, 0.717) is 0 Å². The fourth-order valence-electron chi connectivity index (χ4n) is 2.57. The molecule has 3 nitrogen and oxygen atoms in total. The van der Waals surface area contributed by atoms with Crippen molar-refractivity contribution >= 4 is 0 Å². The zero-order valence-corrected chi connectivity index (χ0v) is 12.5. The molecule has 102 valence electrons. The molecule has 0 spiro atoms. The lowest BCUT2D eigenvalue weighted by molar-refractivity contribution is 0.652. The Kier molecular flexibility index (Phi) is 4.05. The molecule has 0 bridgehead atoms. The Morgan fingerprint density at radius 2 is 1.68 bits per heavy atom. The predicted octanol–water partition coefficient (Wildman–Crippen LogP) is 2.88. The molecule has 2 rings (SSSR count). The number of hydrogen-bond acceptors (Lipinski definition) is 2. The quantitative estimate of drug-likeness (QED) is 0.912. The number of nitrogens with one attached hydrogen (secondary N) is 1. The van der Waals surface area contributed by atoms with E-state index in [1.54, 1.807) is 0 Å². The maximum Gasteiger partial charge on any atom is 0.0667 e. The SMILES string of the molecule is CNCc1c(C)nn(Cc2c(C)cccc2C)c1C. The van der Waals surface area contributed by atoms with E-state index in [0.717, 1.165) is 18.8 Å². The summed E-state index contributed by atoms with van der Waals surface area (Å²) in [4.78, 5) is 0. The van der Waals surface area contributed by atoms with Gasteiger partial charge in [-0.15, -0.1) is 0 Å². The highest BCUT2D eigenvalue weighted by Crippen LogP contribution is 2.18. The van der Waals surface area contributed by atoms with Crippen molar-refractivity contribution in [1.82, 2.24) is 15.1 Å². The summed E-state index contributed by atoms with van der Waals surface area (Å²) in [7, 11) is 1.97. The van der Waals surface area contributed by atoms with E-state index in [1.807, 2.05) is 7.05 Å². The minimum absolute atomic E-state index is 0.856. The van der Waals surface area contributed by atoms with Crippen LogP contribution in [0.15, 0.2) is 18.2 Å². The van der Waals surface area contributed by atoms with Crippen molar-refractivity contribution in [2.24, 2.45) is 0 Å². The number of aromatic nitrogens is 2. The van der Waals surface area contributed by atoms with Crippen molar-refractivity contribution in [2.45, 2.75) is 40.8 Å². The van der Waals surface area contributed by atoms with Crippen molar-refractivity contribution in [3.63, 3.8) is 0 Å². The fraction of sp³-hybridized carbons (Fsp3) is 0.438. The minimum atomic E-state index is 0.856. The van der Waals surface area contributed by atoms with Crippen molar-refractivity contribution in [3.8, 4) is 0 Å². The third-order valence-corrected chi connectivity index (χ3v) is 3.84. The fourth-order valence-corrected chi connectivity index (χ4v) is 2.57. The first-order valence-electron chi connectivity index (χ1n) is 6.77. The van der Waals surface area contributed by atoms with Crippen LogP contribution in [0.2, 0.25) is 0 Å². The molecule has 1 heterocycles. The van der Waals surface area contributed by atoms with E-state index in [4.69, 9.17) is 0 Å². The molecule has 0 unspecified atom stereocenters. The standard InChI is InChI=1S/C16H23N3/c1-11-7-6-8-12(2)16(11)10-19-14(4)15(9-17-5)13(3)18-19/h6-8,17H,9-10H2,1-5H3. The summed E-state index contributed by atoms with van der Waals surface area (Å²) in [6, 6.07) is 6.45. The molecule has 0 fully saturated rings. The Hall–Kier alpha value is -1.61. The summed E-state index contributed by atoms with van der Waals surface area (Å²) >= 11 is 0. The van der Waals surface area contributed by atoms with Crippen LogP contribution in [0.3, 0.4) is 0 Å². The monoisotopic (exact) mass is 257 g/mol. The summed E-state index contributed by atoms with van der Waals surface area (Å²) in [5.74, 6) is 0. The van der Waals surface area contributed by atoms with Crippen LogP contribution >= 0.6 is 0 Å². The number of nitrogens with zero attached hydrogens (tertiary/aromatic N) is 2. The molecule has 0 saturated heterocycles. The summed E-state index contributed by atoms with van der Waals surface area (Å²) in [5.41, 5.74) is 7.75. The van der Waals surface area contributed by atoms with Gasteiger partial charge in [0.1, 0.15) is 0 Å². The molecular formula is C16H23N3. The summed E-state index contributed by atoms with van der Waals surface area (Å²) < 4.78 is 2.12. The molecule has 0 saturated carbocycles. The molecule has 3 heteroatoms. The van der Waals surface area contributed by atoms with Crippen molar-refractivity contribution < 1.29 is 0 Å². The van der Waals surface area contributed by atoms with Gasteiger partial charge in [0.2, 0.25) is 0 Å². The maximum absolute atomic E-state index is 4.68. The number of hydrogen-bond donors (Lipinski definition) is 1. The first-order chi connectivity index (χ1) is 9.04. The van der Waals surface area contributed by atoms with Gasteiger partial charge in [-0.2, -0.15) is 5.10 Å². The zero-order chi connectivity index (χ0) is 14.0. The Morgan fingerprint density at radius 3 is 2.26 bits per heavy atom. The maximum atomic E-state index is 4.68. The molecule has 0 atom stereocenters. The highest BCUT2D eigenvalue weighted by atomic mass is 15.3. The van der Waals surface area contributed by atoms with Crippen LogP contribution in [0.4, 0.5) is 0 Å². The molecule has 0 aliphatic heterocycles. The topological polar surface area (TPSA) is 29.9 Å². The van der Waals surface area contributed by atoms with Crippen LogP contribution in [0, 0.1) is 27.7 Å². The smallest absolute Gasteiger partial charge is 0.0667 e. The van der Waals surface area contributed by atoms with Crippen LogP contribution in [0.5, 0.6) is 0 Å². The minimum Gasteiger partial charge on any atom is -0.316 e. The Labute approximate surface area is 115 Å². The lowest BCUT2D eigenvalue weighted by Gasteiger charge is -2.11. The van der Waals surface area contributed by atoms with E-state index in [-0.39, 0.29) is 0 Å². The molecular weight excluding hydrogens is 234 g/mol.